The highest BCUT2D eigenvalue weighted by Gasteiger charge is 2.65. The lowest BCUT2D eigenvalue weighted by Gasteiger charge is -2.54. The van der Waals surface area contributed by atoms with Gasteiger partial charge in [-0.3, -0.25) is 0 Å². The molecule has 0 bridgehead atoms. The van der Waals surface area contributed by atoms with Crippen molar-refractivity contribution in [2.24, 2.45) is 0 Å². The Labute approximate surface area is 454 Å². The van der Waals surface area contributed by atoms with Gasteiger partial charge in [0.05, 0.1) is 16.8 Å². The van der Waals surface area contributed by atoms with Crippen molar-refractivity contribution >= 4 is 62.9 Å². The predicted octanol–water partition coefficient (Wildman–Crippen LogP) is 16.4. The molecule has 4 unspecified atom stereocenters. The highest BCUT2D eigenvalue weighted by Crippen LogP contribution is 2.68. The van der Waals surface area contributed by atoms with Gasteiger partial charge < -0.3 is 14.7 Å². The number of hydrogen-bond acceptors (Lipinski definition) is 3. The van der Waals surface area contributed by atoms with Gasteiger partial charge in [-0.1, -0.05) is 204 Å². The molecule has 0 N–H and O–H groups in total. The molecule has 6 aliphatic rings. The summed E-state index contributed by atoms with van der Waals surface area (Å²) in [6, 6.07) is 65.1. The first-order valence-electron chi connectivity index (χ1n) is 28.5. The van der Waals surface area contributed by atoms with Crippen LogP contribution in [0.3, 0.4) is 0 Å². The second-order valence-electron chi connectivity index (χ2n) is 27.6. The number of benzene rings is 8. The van der Waals surface area contributed by atoms with Gasteiger partial charge in [0.2, 0.25) is 0 Å². The molecule has 14 rings (SSSR count). The summed E-state index contributed by atoms with van der Waals surface area (Å²) in [6.07, 6.45) is 4.28. The Morgan fingerprint density at radius 1 is 0.408 bits per heavy atom. The molecule has 8 aromatic rings. The van der Waals surface area contributed by atoms with Gasteiger partial charge in [0.1, 0.15) is 0 Å². The van der Waals surface area contributed by atoms with Crippen LogP contribution in [-0.2, 0) is 51.0 Å². The van der Waals surface area contributed by atoms with E-state index in [-0.39, 0.29) is 39.3 Å². The normalized spacial score (nSPS) is 23.5. The Bertz CT molecular complexity index is 3770. The van der Waals surface area contributed by atoms with Crippen LogP contribution in [0, 0.1) is 0 Å². The quantitative estimate of drug-likeness (QED) is 0.163. The number of rotatable bonds is 3. The number of hydrogen-bond donors (Lipinski definition) is 0. The topological polar surface area (TPSA) is 9.72 Å². The van der Waals surface area contributed by atoms with Gasteiger partial charge >= 0.3 is 0 Å². The molecule has 4 atom stereocenters. The lowest BCUT2D eigenvalue weighted by atomic mass is 9.33. The molecule has 76 heavy (non-hydrogen) atoms. The summed E-state index contributed by atoms with van der Waals surface area (Å²) in [6.45, 7) is 31.9. The Kier molecular flexibility index (Phi) is 9.69. The maximum absolute atomic E-state index is 2.93. The fraction of sp³-hybridized carbons (Fsp3) is 0.333. The third kappa shape index (κ3) is 6.08. The molecule has 0 radical (unpaired) electrons. The minimum Gasteiger partial charge on any atom is -0.331 e. The van der Waals surface area contributed by atoms with E-state index in [0.29, 0.717) is 0 Å². The van der Waals surface area contributed by atoms with Crippen LogP contribution in [0.15, 0.2) is 164 Å². The Morgan fingerprint density at radius 2 is 0.921 bits per heavy atom. The van der Waals surface area contributed by atoms with Crippen LogP contribution in [0.25, 0.3) is 11.1 Å². The highest BCUT2D eigenvalue weighted by atomic mass is 15.3. The summed E-state index contributed by atoms with van der Waals surface area (Å²) in [4.78, 5) is 8.46. The Morgan fingerprint density at radius 3 is 1.55 bits per heavy atom. The van der Waals surface area contributed by atoms with Gasteiger partial charge in [-0.15, -0.1) is 0 Å². The molecule has 2 aliphatic carbocycles. The fourth-order valence-corrected chi connectivity index (χ4v) is 15.9. The van der Waals surface area contributed by atoms with E-state index in [9.17, 15) is 0 Å². The molecule has 4 aliphatic heterocycles. The molecule has 4 heterocycles. The smallest absolute Gasteiger partial charge is 0.252 e. The number of para-hydroxylation sites is 1. The van der Waals surface area contributed by atoms with Gasteiger partial charge in [-0.25, -0.2) is 0 Å². The van der Waals surface area contributed by atoms with Gasteiger partial charge in [-0.05, 0) is 164 Å². The largest absolute Gasteiger partial charge is 0.331 e. The highest BCUT2D eigenvalue weighted by molar-refractivity contribution is 7.00. The Balaban J connectivity index is 1.17. The molecule has 0 spiro atoms. The van der Waals surface area contributed by atoms with Crippen LogP contribution >= 0.6 is 0 Å². The van der Waals surface area contributed by atoms with E-state index in [1.807, 2.05) is 0 Å². The molecule has 3 nitrogen and oxygen atoms in total. The molecule has 0 saturated carbocycles. The van der Waals surface area contributed by atoms with Crippen LogP contribution in [0.5, 0.6) is 0 Å². The van der Waals surface area contributed by atoms with E-state index < -0.39 is 5.54 Å². The van der Waals surface area contributed by atoms with E-state index in [2.05, 4.69) is 269 Å². The summed E-state index contributed by atoms with van der Waals surface area (Å²) in [5.41, 5.74) is 27.4. The monoisotopic (exact) mass is 992 g/mol. The molecule has 380 valence electrons. The van der Waals surface area contributed by atoms with E-state index in [0.717, 1.165) is 25.7 Å². The molecule has 8 aromatic carbocycles. The zero-order chi connectivity index (χ0) is 52.9. The third-order valence-electron chi connectivity index (χ3n) is 20.6. The molecule has 0 saturated heterocycles. The molecule has 0 aromatic heterocycles. The van der Waals surface area contributed by atoms with Crippen LogP contribution in [0.1, 0.15) is 153 Å². The third-order valence-corrected chi connectivity index (χ3v) is 20.6. The number of anilines is 7. The van der Waals surface area contributed by atoms with E-state index in [1.54, 1.807) is 0 Å². The van der Waals surface area contributed by atoms with E-state index >= 15 is 0 Å². The minimum absolute atomic E-state index is 0.0151. The fourth-order valence-electron chi connectivity index (χ4n) is 15.9. The van der Waals surface area contributed by atoms with Crippen molar-refractivity contribution < 1.29 is 0 Å². The average Bonchev–Trinajstić information content (AvgIpc) is 3.55. The summed E-state index contributed by atoms with van der Waals surface area (Å²) in [7, 11) is 0. The van der Waals surface area contributed by atoms with Crippen molar-refractivity contribution in [1.82, 2.24) is 0 Å². The van der Waals surface area contributed by atoms with Crippen molar-refractivity contribution in [2.75, 3.05) is 14.7 Å². The van der Waals surface area contributed by atoms with Crippen molar-refractivity contribution in [3.8, 4) is 11.1 Å². The first-order valence-corrected chi connectivity index (χ1v) is 28.5. The van der Waals surface area contributed by atoms with Crippen LogP contribution in [0.2, 0.25) is 0 Å². The number of nitrogens with zero attached hydrogens (tertiary/aromatic N) is 3. The minimum atomic E-state index is -0.395. The standard InChI is InChI=1S/C72H74BN3/c1-66(2,3)48-31-33-59(52(39-48)45-23-15-14-16-24-45)74-61-34-32-49(67(4,5)6)41-57(61)73-58-42-50(68(7,8)9)40-56-65(58)76(72(13)54-28-20-18-26-47(54)36-38-70(56,72)11)63-44-51(43-62(74)64(63)73)75-60-30-22-21-29-55(60)69(10)37-35-46-25-17-19-27-53(46)71(69,75)12/h14-34,39-44H,35-38H2,1-13H3. The van der Waals surface area contributed by atoms with Gasteiger partial charge in [0.25, 0.3) is 6.71 Å². The summed E-state index contributed by atoms with van der Waals surface area (Å²) < 4.78 is 0. The number of aryl methyl sites for hydroxylation is 2. The second kappa shape index (κ2) is 15.5. The van der Waals surface area contributed by atoms with Crippen molar-refractivity contribution in [3.05, 3.63) is 214 Å². The first kappa shape index (κ1) is 47.7. The van der Waals surface area contributed by atoms with Gasteiger partial charge in [0.15, 0.2) is 0 Å². The molecular formula is C72H74BN3. The number of fused-ring (bicyclic) bond motifs is 14. The van der Waals surface area contributed by atoms with Gasteiger partial charge in [0, 0.05) is 50.5 Å². The molecular weight excluding hydrogens is 918 g/mol. The van der Waals surface area contributed by atoms with Crippen molar-refractivity contribution in [2.45, 2.75) is 154 Å². The van der Waals surface area contributed by atoms with Crippen molar-refractivity contribution in [3.63, 3.8) is 0 Å². The van der Waals surface area contributed by atoms with E-state index in [4.69, 9.17) is 0 Å². The summed E-state index contributed by atoms with van der Waals surface area (Å²) in [5.74, 6) is 0. The first-order chi connectivity index (χ1) is 36.1. The molecule has 0 amide bonds. The van der Waals surface area contributed by atoms with Crippen LogP contribution in [0.4, 0.5) is 39.8 Å². The Hall–Kier alpha value is -6.78. The van der Waals surface area contributed by atoms with Crippen LogP contribution < -0.4 is 31.1 Å². The van der Waals surface area contributed by atoms with Crippen molar-refractivity contribution in [1.29, 1.82) is 0 Å². The zero-order valence-electron chi connectivity index (χ0n) is 47.3. The average molecular weight is 992 g/mol. The second-order valence-corrected chi connectivity index (χ2v) is 27.6. The molecule has 0 fully saturated rings. The summed E-state index contributed by atoms with van der Waals surface area (Å²) in [5, 5.41) is 0. The zero-order valence-corrected chi connectivity index (χ0v) is 47.3. The predicted molar refractivity (Wildman–Crippen MR) is 323 cm³/mol. The van der Waals surface area contributed by atoms with Crippen LogP contribution in [-0.4, -0.2) is 6.71 Å². The maximum atomic E-state index is 2.93. The SMILES string of the molecule is CC(C)(C)c1ccc2c(c1)B1c3cc(C(C)(C)C)cc4c3N(c3cc(N5c6ccccc6C6(C)CCc7ccccc7C56C)cc(c31)N2c1ccc(C(C)(C)C)cc1-c1ccccc1)C1(C)c2ccccc2CCC41C. The van der Waals surface area contributed by atoms with E-state index in [1.165, 1.54) is 117 Å². The lowest BCUT2D eigenvalue weighted by Crippen LogP contribution is -2.64. The summed E-state index contributed by atoms with van der Waals surface area (Å²) >= 11 is 0. The van der Waals surface area contributed by atoms with Gasteiger partial charge in [-0.2, -0.15) is 0 Å². The molecule has 4 heteroatoms. The lowest BCUT2D eigenvalue weighted by molar-refractivity contribution is 0.244. The maximum Gasteiger partial charge on any atom is 0.252 e.